The normalized spacial score (nSPS) is 19.5. The van der Waals surface area contributed by atoms with E-state index >= 15 is 0 Å². The first-order chi connectivity index (χ1) is 15.5. The molecular weight excluding hydrogens is 402 g/mol. The first kappa shape index (κ1) is 20.8. The van der Waals surface area contributed by atoms with E-state index in [1.54, 1.807) is 0 Å². The van der Waals surface area contributed by atoms with Crippen molar-refractivity contribution in [1.82, 2.24) is 19.8 Å². The van der Waals surface area contributed by atoms with Crippen LogP contribution in [0.5, 0.6) is 0 Å². The number of aromatic nitrogens is 2. The van der Waals surface area contributed by atoms with Gasteiger partial charge in [-0.2, -0.15) is 0 Å². The molecule has 3 heterocycles. The lowest BCUT2D eigenvalue weighted by Crippen LogP contribution is -2.44. The lowest BCUT2D eigenvalue weighted by Gasteiger charge is -2.32. The van der Waals surface area contributed by atoms with E-state index in [1.165, 1.54) is 11.1 Å². The SMILES string of the molecule is CC1Cc2ccccc2N1C(=O)NCCCCN(C)C1Cc2cccc3[nH]c(=O)n(c23)C1. The zero-order chi connectivity index (χ0) is 22.2. The van der Waals surface area contributed by atoms with E-state index in [9.17, 15) is 9.59 Å². The van der Waals surface area contributed by atoms with E-state index in [0.29, 0.717) is 12.6 Å². The molecule has 2 unspecified atom stereocenters. The zero-order valence-corrected chi connectivity index (χ0v) is 18.8. The van der Waals surface area contributed by atoms with Crippen LogP contribution in [0, 0.1) is 0 Å². The average Bonchev–Trinajstić information content (AvgIpc) is 3.30. The van der Waals surface area contributed by atoms with Gasteiger partial charge in [-0.1, -0.05) is 30.3 Å². The van der Waals surface area contributed by atoms with Gasteiger partial charge in [0.05, 0.1) is 11.0 Å². The molecule has 168 valence electrons. The number of unbranched alkanes of at least 4 members (excludes halogenated alkanes) is 1. The minimum absolute atomic E-state index is 0.00413. The van der Waals surface area contributed by atoms with Crippen LogP contribution < -0.4 is 15.9 Å². The minimum atomic E-state index is -0.0222. The smallest absolute Gasteiger partial charge is 0.326 e. The molecule has 2 aliphatic rings. The van der Waals surface area contributed by atoms with Gasteiger partial charge >= 0.3 is 11.7 Å². The lowest BCUT2D eigenvalue weighted by molar-refractivity contribution is 0.209. The van der Waals surface area contributed by atoms with E-state index in [-0.39, 0.29) is 17.8 Å². The van der Waals surface area contributed by atoms with Crippen molar-refractivity contribution in [3.8, 4) is 0 Å². The Morgan fingerprint density at radius 3 is 2.81 bits per heavy atom. The quantitative estimate of drug-likeness (QED) is 0.587. The predicted molar refractivity (Wildman–Crippen MR) is 127 cm³/mol. The van der Waals surface area contributed by atoms with Crippen molar-refractivity contribution in [2.75, 3.05) is 25.0 Å². The highest BCUT2D eigenvalue weighted by molar-refractivity contribution is 5.94. The number of amides is 2. The number of likely N-dealkylation sites (N-methyl/N-ethyl adjacent to an activating group) is 1. The van der Waals surface area contributed by atoms with Gasteiger partial charge < -0.3 is 15.2 Å². The van der Waals surface area contributed by atoms with Crippen LogP contribution in [0.2, 0.25) is 0 Å². The molecule has 2 aromatic carbocycles. The highest BCUT2D eigenvalue weighted by atomic mass is 16.2. The van der Waals surface area contributed by atoms with Gasteiger partial charge in [0.2, 0.25) is 0 Å². The van der Waals surface area contributed by atoms with Gasteiger partial charge in [-0.25, -0.2) is 9.59 Å². The van der Waals surface area contributed by atoms with Gasteiger partial charge in [0.25, 0.3) is 0 Å². The Hall–Kier alpha value is -3.06. The summed E-state index contributed by atoms with van der Waals surface area (Å²) < 4.78 is 1.88. The topological polar surface area (TPSA) is 73.4 Å². The standard InChI is InChI=1S/C25H31N5O2/c1-17-14-18-8-3-4-11-22(18)30(17)24(31)26-12-5-6-13-28(2)20-15-19-9-7-10-21-23(19)29(16-20)25(32)27-21/h3-4,7-11,17,20H,5-6,12-16H2,1-2H3,(H,26,31)(H,27,32). The van der Waals surface area contributed by atoms with Crippen molar-refractivity contribution in [1.29, 1.82) is 0 Å². The average molecular weight is 434 g/mol. The van der Waals surface area contributed by atoms with E-state index in [4.69, 9.17) is 0 Å². The van der Waals surface area contributed by atoms with Crippen molar-refractivity contribution in [3.05, 3.63) is 64.1 Å². The molecule has 0 saturated carbocycles. The first-order valence-corrected chi connectivity index (χ1v) is 11.6. The lowest BCUT2D eigenvalue weighted by atomic mass is 9.99. The van der Waals surface area contributed by atoms with Crippen molar-refractivity contribution in [2.24, 2.45) is 0 Å². The van der Waals surface area contributed by atoms with Crippen LogP contribution in [0.1, 0.15) is 30.9 Å². The number of carbonyl (C=O) groups excluding carboxylic acids is 1. The number of anilines is 1. The summed E-state index contributed by atoms with van der Waals surface area (Å²) in [5, 5.41) is 3.10. The summed E-state index contributed by atoms with van der Waals surface area (Å²) in [5.74, 6) is 0. The first-order valence-electron chi connectivity index (χ1n) is 11.6. The number of H-pyrrole nitrogens is 1. The fourth-order valence-corrected chi connectivity index (χ4v) is 5.28. The second kappa shape index (κ2) is 8.47. The number of benzene rings is 2. The fraction of sp³-hybridized carbons (Fsp3) is 0.440. The third-order valence-corrected chi connectivity index (χ3v) is 6.99. The van der Waals surface area contributed by atoms with Gasteiger partial charge in [0, 0.05) is 30.9 Å². The largest absolute Gasteiger partial charge is 0.338 e. The summed E-state index contributed by atoms with van der Waals surface area (Å²) in [6, 6.07) is 14.7. The number of carbonyl (C=O) groups is 1. The molecule has 7 nitrogen and oxygen atoms in total. The molecule has 0 radical (unpaired) electrons. The maximum absolute atomic E-state index is 12.7. The van der Waals surface area contributed by atoms with Crippen molar-refractivity contribution in [3.63, 3.8) is 0 Å². The van der Waals surface area contributed by atoms with E-state index < -0.39 is 0 Å². The molecule has 2 amide bonds. The summed E-state index contributed by atoms with van der Waals surface area (Å²) in [5.41, 5.74) is 5.47. The maximum Gasteiger partial charge on any atom is 0.326 e. The van der Waals surface area contributed by atoms with E-state index in [2.05, 4.69) is 41.3 Å². The van der Waals surface area contributed by atoms with Crippen LogP contribution in [0.3, 0.4) is 0 Å². The molecule has 0 bridgehead atoms. The fourth-order valence-electron chi connectivity index (χ4n) is 5.28. The number of aromatic amines is 1. The summed E-state index contributed by atoms with van der Waals surface area (Å²) in [4.78, 5) is 32.3. The Morgan fingerprint density at radius 1 is 1.12 bits per heavy atom. The number of para-hydroxylation sites is 2. The molecule has 0 fully saturated rings. The number of nitrogens with zero attached hydrogens (tertiary/aromatic N) is 3. The Bertz CT molecular complexity index is 1200. The number of hydrogen-bond donors (Lipinski definition) is 2. The Morgan fingerprint density at radius 2 is 1.94 bits per heavy atom. The third-order valence-electron chi connectivity index (χ3n) is 6.99. The van der Waals surface area contributed by atoms with Crippen LogP contribution in [-0.4, -0.2) is 52.7 Å². The van der Waals surface area contributed by atoms with Gasteiger partial charge in [-0.15, -0.1) is 0 Å². The summed E-state index contributed by atoms with van der Waals surface area (Å²) in [6.45, 7) is 4.42. The summed E-state index contributed by atoms with van der Waals surface area (Å²) >= 11 is 0. The zero-order valence-electron chi connectivity index (χ0n) is 18.8. The minimum Gasteiger partial charge on any atom is -0.338 e. The Kier molecular flexibility index (Phi) is 5.51. The monoisotopic (exact) mass is 433 g/mol. The second-order valence-electron chi connectivity index (χ2n) is 9.18. The molecule has 2 atom stereocenters. The van der Waals surface area contributed by atoms with Crippen molar-refractivity contribution >= 4 is 22.8 Å². The Labute approximate surface area is 188 Å². The van der Waals surface area contributed by atoms with Crippen LogP contribution in [0.15, 0.2) is 47.3 Å². The molecule has 3 aromatic rings. The summed E-state index contributed by atoms with van der Waals surface area (Å²) in [6.07, 6.45) is 3.79. The second-order valence-corrected chi connectivity index (χ2v) is 9.18. The molecule has 0 saturated heterocycles. The van der Waals surface area contributed by atoms with Gasteiger partial charge in [0.15, 0.2) is 0 Å². The van der Waals surface area contributed by atoms with Gasteiger partial charge in [-0.05, 0) is 69.5 Å². The number of nitrogens with one attached hydrogen (secondary N) is 2. The van der Waals surface area contributed by atoms with Crippen LogP contribution in [0.25, 0.3) is 11.0 Å². The van der Waals surface area contributed by atoms with Gasteiger partial charge in [-0.3, -0.25) is 9.47 Å². The molecule has 5 rings (SSSR count). The Balaban J connectivity index is 1.10. The predicted octanol–water partition coefficient (Wildman–Crippen LogP) is 3.13. The highest BCUT2D eigenvalue weighted by Crippen LogP contribution is 2.31. The molecular formula is C25H31N5O2. The molecule has 2 N–H and O–H groups in total. The highest BCUT2D eigenvalue weighted by Gasteiger charge is 2.30. The van der Waals surface area contributed by atoms with Crippen molar-refractivity contribution in [2.45, 2.75) is 51.2 Å². The number of urea groups is 1. The van der Waals surface area contributed by atoms with Crippen LogP contribution in [0.4, 0.5) is 10.5 Å². The maximum atomic E-state index is 12.7. The molecule has 2 aliphatic heterocycles. The van der Waals surface area contributed by atoms with Crippen molar-refractivity contribution < 1.29 is 4.79 Å². The van der Waals surface area contributed by atoms with E-state index in [0.717, 1.165) is 55.5 Å². The third kappa shape index (κ3) is 3.71. The van der Waals surface area contributed by atoms with Crippen LogP contribution >= 0.6 is 0 Å². The molecule has 0 spiro atoms. The molecule has 0 aliphatic carbocycles. The number of imidazole rings is 1. The number of hydrogen-bond acceptors (Lipinski definition) is 3. The molecule has 1 aromatic heterocycles. The number of fused-ring (bicyclic) bond motifs is 1. The van der Waals surface area contributed by atoms with Crippen LogP contribution in [-0.2, 0) is 19.4 Å². The summed E-state index contributed by atoms with van der Waals surface area (Å²) in [7, 11) is 2.13. The van der Waals surface area contributed by atoms with Gasteiger partial charge in [0.1, 0.15) is 0 Å². The number of rotatable bonds is 6. The molecule has 7 heteroatoms. The molecule has 32 heavy (non-hydrogen) atoms. The van der Waals surface area contributed by atoms with E-state index in [1.807, 2.05) is 39.8 Å².